The van der Waals surface area contributed by atoms with Gasteiger partial charge < -0.3 is 19.3 Å². The van der Waals surface area contributed by atoms with Gasteiger partial charge in [-0.3, -0.25) is 0 Å². The second kappa shape index (κ2) is 6.97. The van der Waals surface area contributed by atoms with Gasteiger partial charge in [-0.25, -0.2) is 0 Å². The Hall–Kier alpha value is -3.40. The van der Waals surface area contributed by atoms with E-state index in [1.54, 1.807) is 6.07 Å². The van der Waals surface area contributed by atoms with Gasteiger partial charge >= 0.3 is 0 Å². The molecule has 3 aromatic carbocycles. The van der Waals surface area contributed by atoms with Gasteiger partial charge in [0.05, 0.1) is 7.11 Å². The number of aromatic hydroxyl groups is 1. The van der Waals surface area contributed by atoms with E-state index in [2.05, 4.69) is 6.08 Å². The molecule has 0 bridgehead atoms. The quantitative estimate of drug-likeness (QED) is 0.627. The molecule has 0 fully saturated rings. The predicted molar refractivity (Wildman–Crippen MR) is 109 cm³/mol. The van der Waals surface area contributed by atoms with Crippen LogP contribution in [0.15, 0.2) is 72.8 Å². The summed E-state index contributed by atoms with van der Waals surface area (Å²) in [6, 6.07) is 21.2. The number of methoxy groups -OCH3 is 1. The Morgan fingerprint density at radius 2 is 1.54 bits per heavy atom. The van der Waals surface area contributed by atoms with Crippen LogP contribution < -0.4 is 14.2 Å². The fraction of sp³-hybridized carbons (Fsp3) is 0.167. The van der Waals surface area contributed by atoms with Crippen LogP contribution in [0.3, 0.4) is 0 Å². The van der Waals surface area contributed by atoms with Crippen molar-refractivity contribution in [2.45, 2.75) is 19.4 Å². The van der Waals surface area contributed by atoms with Crippen molar-refractivity contribution >= 4 is 5.57 Å². The van der Waals surface area contributed by atoms with E-state index < -0.39 is 5.60 Å². The Balaban J connectivity index is 1.86. The monoisotopic (exact) mass is 374 g/mol. The molecule has 0 saturated carbocycles. The molecule has 4 rings (SSSR count). The van der Waals surface area contributed by atoms with Crippen molar-refractivity contribution in [2.24, 2.45) is 0 Å². The average Bonchev–Trinajstić information content (AvgIpc) is 2.69. The molecule has 0 aromatic heterocycles. The lowest BCUT2D eigenvalue weighted by Crippen LogP contribution is -2.29. The fourth-order valence-corrected chi connectivity index (χ4v) is 3.37. The zero-order chi connectivity index (χ0) is 19.7. The minimum Gasteiger partial charge on any atom is -0.502 e. The van der Waals surface area contributed by atoms with E-state index in [-0.39, 0.29) is 5.75 Å². The van der Waals surface area contributed by atoms with E-state index >= 15 is 0 Å². The van der Waals surface area contributed by atoms with Gasteiger partial charge in [0.15, 0.2) is 11.5 Å². The van der Waals surface area contributed by atoms with E-state index in [4.69, 9.17) is 14.2 Å². The molecule has 0 aliphatic carbocycles. The third kappa shape index (κ3) is 3.29. The summed E-state index contributed by atoms with van der Waals surface area (Å²) >= 11 is 0. The topological polar surface area (TPSA) is 47.9 Å². The van der Waals surface area contributed by atoms with E-state index in [1.165, 1.54) is 7.11 Å². The highest BCUT2D eigenvalue weighted by Gasteiger charge is 2.31. The Morgan fingerprint density at radius 1 is 0.821 bits per heavy atom. The summed E-state index contributed by atoms with van der Waals surface area (Å²) in [6.45, 7) is 3.91. The molecular formula is C24H22O4. The lowest BCUT2D eigenvalue weighted by Gasteiger charge is -2.32. The average molecular weight is 374 g/mol. The maximum Gasteiger partial charge on any atom is 0.201 e. The standard InChI is InChI=1S/C24H22O4/c1-24(2)15-19(18-13-14-21(26-3)22(25)23(18)28-24)17-11-7-8-12-20(17)27-16-9-5-4-6-10-16/h4-15,25H,1-3H3. The zero-order valence-corrected chi connectivity index (χ0v) is 16.1. The highest BCUT2D eigenvalue weighted by Crippen LogP contribution is 2.49. The molecule has 1 heterocycles. The van der Waals surface area contributed by atoms with Crippen LogP contribution in [-0.2, 0) is 0 Å². The number of phenolic OH excluding ortho intramolecular Hbond substituents is 1. The van der Waals surface area contributed by atoms with Crippen molar-refractivity contribution in [1.82, 2.24) is 0 Å². The molecule has 3 aromatic rings. The number of hydrogen-bond donors (Lipinski definition) is 1. The molecule has 0 amide bonds. The Labute approximate surface area is 164 Å². The summed E-state index contributed by atoms with van der Waals surface area (Å²) in [7, 11) is 1.52. The first kappa shape index (κ1) is 18.0. The third-order valence-corrected chi connectivity index (χ3v) is 4.61. The lowest BCUT2D eigenvalue weighted by molar-refractivity contribution is 0.150. The summed E-state index contributed by atoms with van der Waals surface area (Å²) in [4.78, 5) is 0. The molecule has 0 spiro atoms. The van der Waals surface area contributed by atoms with Crippen LogP contribution in [-0.4, -0.2) is 17.8 Å². The summed E-state index contributed by atoms with van der Waals surface area (Å²) in [5.41, 5.74) is 2.05. The molecule has 0 atom stereocenters. The Bertz CT molecular complexity index is 1040. The number of rotatable bonds is 4. The first-order valence-corrected chi connectivity index (χ1v) is 9.13. The van der Waals surface area contributed by atoms with Crippen LogP contribution in [0.4, 0.5) is 0 Å². The van der Waals surface area contributed by atoms with Gasteiger partial charge in [-0.05, 0) is 55.8 Å². The minimum atomic E-state index is -0.605. The van der Waals surface area contributed by atoms with E-state index in [1.807, 2.05) is 74.5 Å². The molecule has 0 radical (unpaired) electrons. The van der Waals surface area contributed by atoms with Crippen LogP contribution in [0.25, 0.3) is 5.57 Å². The van der Waals surface area contributed by atoms with Crippen LogP contribution in [0, 0.1) is 0 Å². The normalized spacial score (nSPS) is 14.5. The van der Waals surface area contributed by atoms with E-state index in [0.29, 0.717) is 11.5 Å². The number of hydrogen-bond acceptors (Lipinski definition) is 4. The second-order valence-corrected chi connectivity index (χ2v) is 7.17. The van der Waals surface area contributed by atoms with Crippen LogP contribution >= 0.6 is 0 Å². The molecule has 1 aliphatic heterocycles. The molecule has 4 nitrogen and oxygen atoms in total. The Kier molecular flexibility index (Phi) is 4.47. The third-order valence-electron chi connectivity index (χ3n) is 4.61. The van der Waals surface area contributed by atoms with Gasteiger partial charge in [-0.2, -0.15) is 0 Å². The number of fused-ring (bicyclic) bond motifs is 1. The smallest absolute Gasteiger partial charge is 0.201 e. The van der Waals surface area contributed by atoms with Gasteiger partial charge in [0.1, 0.15) is 17.1 Å². The fourth-order valence-electron chi connectivity index (χ4n) is 3.37. The maximum absolute atomic E-state index is 10.6. The number of phenols is 1. The number of ether oxygens (including phenoxy) is 3. The first-order valence-electron chi connectivity index (χ1n) is 9.13. The highest BCUT2D eigenvalue weighted by molar-refractivity contribution is 5.89. The van der Waals surface area contributed by atoms with Crippen molar-refractivity contribution in [2.75, 3.05) is 7.11 Å². The highest BCUT2D eigenvalue weighted by atomic mass is 16.5. The molecule has 1 N–H and O–H groups in total. The molecule has 142 valence electrons. The molecule has 28 heavy (non-hydrogen) atoms. The van der Waals surface area contributed by atoms with Crippen molar-refractivity contribution in [3.8, 4) is 28.7 Å². The molecule has 0 saturated heterocycles. The molecular weight excluding hydrogens is 352 g/mol. The van der Waals surface area contributed by atoms with E-state index in [9.17, 15) is 5.11 Å². The lowest BCUT2D eigenvalue weighted by atomic mass is 9.89. The Morgan fingerprint density at radius 3 is 2.29 bits per heavy atom. The molecule has 1 aliphatic rings. The van der Waals surface area contributed by atoms with Crippen LogP contribution in [0.5, 0.6) is 28.7 Å². The van der Waals surface area contributed by atoms with Crippen molar-refractivity contribution in [3.63, 3.8) is 0 Å². The number of para-hydroxylation sites is 2. The minimum absolute atomic E-state index is 0.000124. The van der Waals surface area contributed by atoms with Crippen molar-refractivity contribution < 1.29 is 19.3 Å². The summed E-state index contributed by atoms with van der Waals surface area (Å²) in [5.74, 6) is 2.29. The predicted octanol–water partition coefficient (Wildman–Crippen LogP) is 5.80. The van der Waals surface area contributed by atoms with Gasteiger partial charge in [0.25, 0.3) is 0 Å². The summed E-state index contributed by atoms with van der Waals surface area (Å²) in [6.07, 6.45) is 2.05. The van der Waals surface area contributed by atoms with Gasteiger partial charge in [0.2, 0.25) is 5.75 Å². The summed E-state index contributed by atoms with van der Waals surface area (Å²) in [5, 5.41) is 10.6. The maximum atomic E-state index is 10.6. The SMILES string of the molecule is COc1ccc2c(c1O)OC(C)(C)C=C2c1ccccc1Oc1ccccc1. The second-order valence-electron chi connectivity index (χ2n) is 7.17. The van der Waals surface area contributed by atoms with Crippen LogP contribution in [0.1, 0.15) is 25.0 Å². The molecule has 4 heteroatoms. The first-order chi connectivity index (χ1) is 13.5. The zero-order valence-electron chi connectivity index (χ0n) is 16.1. The van der Waals surface area contributed by atoms with E-state index in [0.717, 1.165) is 28.2 Å². The number of benzene rings is 3. The largest absolute Gasteiger partial charge is 0.502 e. The van der Waals surface area contributed by atoms with Crippen LogP contribution in [0.2, 0.25) is 0 Å². The van der Waals surface area contributed by atoms with Gasteiger partial charge in [-0.15, -0.1) is 0 Å². The van der Waals surface area contributed by atoms with Crippen molar-refractivity contribution in [3.05, 3.63) is 83.9 Å². The summed E-state index contributed by atoms with van der Waals surface area (Å²) < 4.78 is 17.5. The van der Waals surface area contributed by atoms with Gasteiger partial charge in [0, 0.05) is 11.1 Å². The molecule has 0 unspecified atom stereocenters. The van der Waals surface area contributed by atoms with Crippen molar-refractivity contribution in [1.29, 1.82) is 0 Å². The van der Waals surface area contributed by atoms with Gasteiger partial charge in [-0.1, -0.05) is 36.4 Å².